The minimum atomic E-state index is -0.196. The van der Waals surface area contributed by atoms with E-state index in [2.05, 4.69) is 9.97 Å². The zero-order chi connectivity index (χ0) is 10.6. The summed E-state index contributed by atoms with van der Waals surface area (Å²) in [6, 6.07) is 0. The summed E-state index contributed by atoms with van der Waals surface area (Å²) in [4.78, 5) is 18.2. The largest absolute Gasteiger partial charge is 0.396 e. The van der Waals surface area contributed by atoms with Gasteiger partial charge in [-0.3, -0.25) is 4.79 Å². The van der Waals surface area contributed by atoms with Gasteiger partial charge < -0.3 is 14.8 Å². The van der Waals surface area contributed by atoms with Crippen LogP contribution in [-0.4, -0.2) is 28.8 Å². The van der Waals surface area contributed by atoms with Crippen molar-refractivity contribution in [3.8, 4) is 0 Å². The van der Waals surface area contributed by atoms with Crippen molar-refractivity contribution in [1.29, 1.82) is 0 Å². The molecule has 0 amide bonds. The fourth-order valence-electron chi connectivity index (χ4n) is 1.28. The van der Waals surface area contributed by atoms with Crippen LogP contribution in [-0.2, 0) is 17.8 Å². The third-order valence-corrected chi connectivity index (χ3v) is 1.91. The molecule has 0 aliphatic rings. The molecule has 0 aliphatic carbocycles. The highest BCUT2D eigenvalue weighted by molar-refractivity contribution is 5.16. The molecule has 0 radical (unpaired) electrons. The van der Waals surface area contributed by atoms with Crippen molar-refractivity contribution in [3.63, 3.8) is 0 Å². The monoisotopic (exact) mass is 198 g/mol. The molecule has 5 nitrogen and oxygen atoms in total. The molecule has 0 atom stereocenters. The molecule has 0 bridgehead atoms. The van der Waals surface area contributed by atoms with Gasteiger partial charge in [-0.1, -0.05) is 0 Å². The van der Waals surface area contributed by atoms with E-state index in [-0.39, 0.29) is 18.8 Å². The Morgan fingerprint density at radius 3 is 2.79 bits per heavy atom. The Hall–Kier alpha value is -1.20. The number of aliphatic hydroxyl groups excluding tert-OH is 1. The molecule has 1 rings (SSSR count). The van der Waals surface area contributed by atoms with Crippen molar-refractivity contribution >= 4 is 0 Å². The molecular weight excluding hydrogens is 184 g/mol. The molecule has 2 N–H and O–H groups in total. The average Bonchev–Trinajstić information content (AvgIpc) is 2.12. The Morgan fingerprint density at radius 1 is 1.57 bits per heavy atom. The standard InChI is InChI=1S/C9H14N2O3/c1-6-7(3-4-12)9(13)11-8(10-6)5-14-2/h12H,3-5H2,1-2H3,(H,10,11,13). The molecule has 0 aromatic carbocycles. The number of aromatic nitrogens is 2. The summed E-state index contributed by atoms with van der Waals surface area (Å²) < 4.78 is 4.86. The predicted octanol–water partition coefficient (Wildman–Crippen LogP) is -0.240. The van der Waals surface area contributed by atoms with Crippen LogP contribution >= 0.6 is 0 Å². The van der Waals surface area contributed by atoms with Crippen LogP contribution in [0.15, 0.2) is 4.79 Å². The third-order valence-electron chi connectivity index (χ3n) is 1.91. The van der Waals surface area contributed by atoms with Gasteiger partial charge in [-0.15, -0.1) is 0 Å². The quantitative estimate of drug-likeness (QED) is 0.700. The molecule has 0 unspecified atom stereocenters. The number of hydrogen-bond acceptors (Lipinski definition) is 4. The van der Waals surface area contributed by atoms with Gasteiger partial charge in [0.15, 0.2) is 0 Å². The number of nitrogens with one attached hydrogen (secondary N) is 1. The number of aliphatic hydroxyl groups is 1. The number of methoxy groups -OCH3 is 1. The highest BCUT2D eigenvalue weighted by atomic mass is 16.5. The Kier molecular flexibility index (Phi) is 3.79. The summed E-state index contributed by atoms with van der Waals surface area (Å²) in [7, 11) is 1.54. The van der Waals surface area contributed by atoms with E-state index in [9.17, 15) is 4.79 Å². The van der Waals surface area contributed by atoms with Crippen molar-refractivity contribution < 1.29 is 9.84 Å². The van der Waals surface area contributed by atoms with E-state index in [4.69, 9.17) is 9.84 Å². The van der Waals surface area contributed by atoms with Crippen molar-refractivity contribution in [2.75, 3.05) is 13.7 Å². The fraction of sp³-hybridized carbons (Fsp3) is 0.556. The second-order valence-corrected chi connectivity index (χ2v) is 2.98. The molecule has 1 aromatic heterocycles. The number of aromatic amines is 1. The van der Waals surface area contributed by atoms with Crippen LogP contribution < -0.4 is 5.56 Å². The Bertz CT molecular complexity index is 360. The zero-order valence-electron chi connectivity index (χ0n) is 8.33. The molecule has 0 aliphatic heterocycles. The number of rotatable bonds is 4. The van der Waals surface area contributed by atoms with Crippen molar-refractivity contribution in [3.05, 3.63) is 27.4 Å². The van der Waals surface area contributed by atoms with Crippen LogP contribution in [0.2, 0.25) is 0 Å². The van der Waals surface area contributed by atoms with Crippen LogP contribution in [0, 0.1) is 6.92 Å². The first-order valence-corrected chi connectivity index (χ1v) is 4.37. The minimum absolute atomic E-state index is 0.0464. The van der Waals surface area contributed by atoms with Crippen molar-refractivity contribution in [2.45, 2.75) is 20.0 Å². The lowest BCUT2D eigenvalue weighted by molar-refractivity contribution is 0.177. The summed E-state index contributed by atoms with van der Waals surface area (Å²) in [6.45, 7) is 1.99. The maximum Gasteiger partial charge on any atom is 0.254 e. The number of nitrogens with zero attached hydrogens (tertiary/aromatic N) is 1. The summed E-state index contributed by atoms with van der Waals surface area (Å²) in [5.41, 5.74) is 0.987. The molecule has 78 valence electrons. The van der Waals surface area contributed by atoms with Crippen LogP contribution in [0.1, 0.15) is 17.1 Å². The Morgan fingerprint density at radius 2 is 2.29 bits per heavy atom. The summed E-state index contributed by atoms with van der Waals surface area (Å²) in [5, 5.41) is 8.74. The van der Waals surface area contributed by atoms with Gasteiger partial charge in [0.1, 0.15) is 12.4 Å². The molecule has 1 aromatic rings. The van der Waals surface area contributed by atoms with E-state index in [0.29, 0.717) is 23.5 Å². The van der Waals surface area contributed by atoms with Crippen LogP contribution in [0.25, 0.3) is 0 Å². The lowest BCUT2D eigenvalue weighted by atomic mass is 10.2. The number of H-pyrrole nitrogens is 1. The molecule has 5 heteroatoms. The summed E-state index contributed by atoms with van der Waals surface area (Å²) in [5.74, 6) is 0.511. The molecule has 0 saturated carbocycles. The van der Waals surface area contributed by atoms with E-state index in [0.717, 1.165) is 0 Å². The van der Waals surface area contributed by atoms with E-state index >= 15 is 0 Å². The van der Waals surface area contributed by atoms with E-state index in [1.807, 2.05) is 0 Å². The fourth-order valence-corrected chi connectivity index (χ4v) is 1.28. The molecular formula is C9H14N2O3. The Balaban J connectivity index is 3.05. The van der Waals surface area contributed by atoms with Gasteiger partial charge in [0, 0.05) is 31.4 Å². The smallest absolute Gasteiger partial charge is 0.254 e. The minimum Gasteiger partial charge on any atom is -0.396 e. The van der Waals surface area contributed by atoms with Gasteiger partial charge in [0.2, 0.25) is 0 Å². The van der Waals surface area contributed by atoms with Gasteiger partial charge >= 0.3 is 0 Å². The second kappa shape index (κ2) is 4.88. The summed E-state index contributed by atoms with van der Waals surface area (Å²) in [6.07, 6.45) is 0.335. The molecule has 1 heterocycles. The summed E-state index contributed by atoms with van der Waals surface area (Å²) >= 11 is 0. The maximum atomic E-state index is 11.5. The predicted molar refractivity (Wildman–Crippen MR) is 51.1 cm³/mol. The Labute approximate surface area is 81.8 Å². The van der Waals surface area contributed by atoms with Gasteiger partial charge in [-0.2, -0.15) is 0 Å². The normalized spacial score (nSPS) is 10.5. The lowest BCUT2D eigenvalue weighted by Crippen LogP contribution is -2.20. The van der Waals surface area contributed by atoms with Crippen molar-refractivity contribution in [1.82, 2.24) is 9.97 Å². The number of ether oxygens (including phenoxy) is 1. The average molecular weight is 198 g/mol. The van der Waals surface area contributed by atoms with E-state index < -0.39 is 0 Å². The van der Waals surface area contributed by atoms with Gasteiger partial charge in [-0.05, 0) is 6.92 Å². The topological polar surface area (TPSA) is 75.2 Å². The van der Waals surface area contributed by atoms with Gasteiger partial charge in [0.05, 0.1) is 0 Å². The number of hydrogen-bond donors (Lipinski definition) is 2. The first-order valence-electron chi connectivity index (χ1n) is 4.37. The molecule has 0 fully saturated rings. The highest BCUT2D eigenvalue weighted by Gasteiger charge is 2.06. The lowest BCUT2D eigenvalue weighted by Gasteiger charge is -2.04. The first kappa shape index (κ1) is 10.9. The zero-order valence-corrected chi connectivity index (χ0v) is 8.33. The van der Waals surface area contributed by atoms with Crippen LogP contribution in [0.4, 0.5) is 0 Å². The molecule has 14 heavy (non-hydrogen) atoms. The van der Waals surface area contributed by atoms with Crippen LogP contribution in [0.3, 0.4) is 0 Å². The van der Waals surface area contributed by atoms with E-state index in [1.165, 1.54) is 7.11 Å². The van der Waals surface area contributed by atoms with Gasteiger partial charge in [-0.25, -0.2) is 4.98 Å². The molecule has 0 spiro atoms. The highest BCUT2D eigenvalue weighted by Crippen LogP contribution is 2.00. The van der Waals surface area contributed by atoms with Gasteiger partial charge in [0.25, 0.3) is 5.56 Å². The number of aryl methyl sites for hydroxylation is 1. The van der Waals surface area contributed by atoms with E-state index in [1.54, 1.807) is 6.92 Å². The maximum absolute atomic E-state index is 11.5. The first-order chi connectivity index (χ1) is 6.69. The van der Waals surface area contributed by atoms with Crippen LogP contribution in [0.5, 0.6) is 0 Å². The SMILES string of the molecule is COCc1nc(C)c(CCO)c(=O)[nH]1. The third kappa shape index (κ3) is 2.40. The second-order valence-electron chi connectivity index (χ2n) is 2.98. The van der Waals surface area contributed by atoms with Crippen molar-refractivity contribution in [2.24, 2.45) is 0 Å². The molecule has 0 saturated heterocycles.